The van der Waals surface area contributed by atoms with Crippen molar-refractivity contribution in [2.75, 3.05) is 43.7 Å². The first-order valence-electron chi connectivity index (χ1n) is 6.36. The molecule has 8 heteroatoms. The van der Waals surface area contributed by atoms with E-state index in [-0.39, 0.29) is 12.1 Å². The van der Waals surface area contributed by atoms with Crippen LogP contribution in [0.25, 0.3) is 0 Å². The molecular formula is C12H19N5O2S. The van der Waals surface area contributed by atoms with Gasteiger partial charge in [-0.1, -0.05) is 11.8 Å². The van der Waals surface area contributed by atoms with Gasteiger partial charge >= 0.3 is 6.09 Å². The number of anilines is 2. The van der Waals surface area contributed by atoms with Crippen LogP contribution in [0.1, 0.15) is 6.42 Å². The summed E-state index contributed by atoms with van der Waals surface area (Å²) in [6, 6.07) is 2.01. The molecule has 1 aliphatic heterocycles. The Kier molecular flexibility index (Phi) is 4.89. The normalized spacial score (nSPS) is 17.9. The number of nitrogens with zero attached hydrogens (tertiary/aromatic N) is 3. The zero-order chi connectivity index (χ0) is 14.5. The van der Waals surface area contributed by atoms with Crippen LogP contribution in [0, 0.1) is 0 Å². The maximum Gasteiger partial charge on any atom is 0.407 e. The molecule has 7 nitrogen and oxygen atoms in total. The van der Waals surface area contributed by atoms with Crippen LogP contribution in [0.2, 0.25) is 0 Å². The van der Waals surface area contributed by atoms with E-state index < -0.39 is 0 Å². The second-order valence-electron chi connectivity index (χ2n) is 4.42. The van der Waals surface area contributed by atoms with Gasteiger partial charge in [0.2, 0.25) is 0 Å². The van der Waals surface area contributed by atoms with Gasteiger partial charge in [-0.15, -0.1) is 0 Å². The van der Waals surface area contributed by atoms with Crippen molar-refractivity contribution in [1.82, 2.24) is 15.3 Å². The molecule has 0 bridgehead atoms. The van der Waals surface area contributed by atoms with E-state index in [1.54, 1.807) is 0 Å². The van der Waals surface area contributed by atoms with Crippen LogP contribution >= 0.6 is 11.8 Å². The van der Waals surface area contributed by atoms with Gasteiger partial charge in [-0.2, -0.15) is 0 Å². The van der Waals surface area contributed by atoms with Crippen molar-refractivity contribution in [3.8, 4) is 0 Å². The fourth-order valence-electron chi connectivity index (χ4n) is 2.11. The van der Waals surface area contributed by atoms with E-state index in [9.17, 15) is 4.79 Å². The van der Waals surface area contributed by atoms with E-state index in [2.05, 4.69) is 30.2 Å². The Morgan fingerprint density at radius 3 is 3.00 bits per heavy atom. The molecule has 20 heavy (non-hydrogen) atoms. The number of alkyl carbamates (subject to hydrolysis) is 1. The molecule has 0 spiro atoms. The zero-order valence-corrected chi connectivity index (χ0v) is 12.7. The second kappa shape index (κ2) is 6.65. The van der Waals surface area contributed by atoms with Crippen molar-refractivity contribution < 1.29 is 9.53 Å². The predicted molar refractivity (Wildman–Crippen MR) is 79.5 cm³/mol. The standard InChI is InChI=1S/C12H19N5O2S/c1-13-9-6-10(16-11(15-9)20-3)17-5-4-8(7-17)14-12(18)19-2/h6,8H,4-5,7H2,1-3H3,(H,14,18)(H,13,15,16). The SMILES string of the molecule is CNc1cc(N2CCC(NC(=O)OC)C2)nc(SC)n1. The van der Waals surface area contributed by atoms with Gasteiger partial charge in [-0.3, -0.25) is 0 Å². The maximum atomic E-state index is 11.2. The van der Waals surface area contributed by atoms with Crippen LogP contribution in [0.15, 0.2) is 11.2 Å². The summed E-state index contributed by atoms with van der Waals surface area (Å²) in [5.41, 5.74) is 0. The third-order valence-corrected chi connectivity index (χ3v) is 3.70. The summed E-state index contributed by atoms with van der Waals surface area (Å²) < 4.78 is 4.62. The van der Waals surface area contributed by atoms with E-state index in [0.29, 0.717) is 0 Å². The average molecular weight is 297 g/mol. The topological polar surface area (TPSA) is 79.4 Å². The smallest absolute Gasteiger partial charge is 0.407 e. The van der Waals surface area contributed by atoms with Gasteiger partial charge in [0.25, 0.3) is 0 Å². The lowest BCUT2D eigenvalue weighted by molar-refractivity contribution is 0.167. The van der Waals surface area contributed by atoms with Crippen LogP contribution in [0.4, 0.5) is 16.4 Å². The molecule has 2 N–H and O–H groups in total. The van der Waals surface area contributed by atoms with Crippen molar-refractivity contribution in [2.45, 2.75) is 17.6 Å². The highest BCUT2D eigenvalue weighted by molar-refractivity contribution is 7.98. The first-order chi connectivity index (χ1) is 9.66. The van der Waals surface area contributed by atoms with Gasteiger partial charge in [0.15, 0.2) is 5.16 Å². The lowest BCUT2D eigenvalue weighted by Gasteiger charge is -2.19. The Morgan fingerprint density at radius 2 is 2.35 bits per heavy atom. The molecule has 2 rings (SSSR count). The number of hydrogen-bond acceptors (Lipinski definition) is 7. The average Bonchev–Trinajstić information content (AvgIpc) is 2.94. The predicted octanol–water partition coefficient (Wildman–Crippen LogP) is 1.17. The monoisotopic (exact) mass is 297 g/mol. The Balaban J connectivity index is 2.07. The highest BCUT2D eigenvalue weighted by Crippen LogP contribution is 2.23. The van der Waals surface area contributed by atoms with Crippen molar-refractivity contribution in [3.05, 3.63) is 6.07 Å². The van der Waals surface area contributed by atoms with E-state index in [0.717, 1.165) is 36.3 Å². The molecular weight excluding hydrogens is 278 g/mol. The summed E-state index contributed by atoms with van der Waals surface area (Å²) in [6.45, 7) is 1.58. The van der Waals surface area contributed by atoms with Gasteiger partial charge in [0, 0.05) is 26.2 Å². The van der Waals surface area contributed by atoms with Crippen LogP contribution in [0.3, 0.4) is 0 Å². The van der Waals surface area contributed by atoms with Crippen LogP contribution in [-0.4, -0.2) is 55.6 Å². The molecule has 1 amide bonds. The number of methoxy groups -OCH3 is 1. The molecule has 0 radical (unpaired) electrons. The Hall–Kier alpha value is -1.70. The molecule has 1 aromatic heterocycles. The van der Waals surface area contributed by atoms with Crippen molar-refractivity contribution in [3.63, 3.8) is 0 Å². The molecule has 1 unspecified atom stereocenters. The number of carbonyl (C=O) groups is 1. The van der Waals surface area contributed by atoms with Crippen LogP contribution in [0.5, 0.6) is 0 Å². The number of aromatic nitrogens is 2. The molecule has 1 saturated heterocycles. The minimum atomic E-state index is -0.389. The fourth-order valence-corrected chi connectivity index (χ4v) is 2.48. The van der Waals surface area contributed by atoms with E-state index >= 15 is 0 Å². The molecule has 1 aliphatic rings. The minimum Gasteiger partial charge on any atom is -0.453 e. The van der Waals surface area contributed by atoms with Gasteiger partial charge < -0.3 is 20.3 Å². The summed E-state index contributed by atoms with van der Waals surface area (Å²) >= 11 is 1.51. The van der Waals surface area contributed by atoms with Gasteiger partial charge in [-0.05, 0) is 12.7 Å². The molecule has 0 aromatic carbocycles. The molecule has 2 heterocycles. The maximum absolute atomic E-state index is 11.2. The van der Waals surface area contributed by atoms with Crippen molar-refractivity contribution in [1.29, 1.82) is 0 Å². The lowest BCUT2D eigenvalue weighted by Crippen LogP contribution is -2.37. The zero-order valence-electron chi connectivity index (χ0n) is 11.8. The quantitative estimate of drug-likeness (QED) is 0.638. The Morgan fingerprint density at radius 1 is 1.55 bits per heavy atom. The number of amides is 1. The molecule has 1 atom stereocenters. The second-order valence-corrected chi connectivity index (χ2v) is 5.19. The highest BCUT2D eigenvalue weighted by atomic mass is 32.2. The van der Waals surface area contributed by atoms with Crippen LogP contribution < -0.4 is 15.5 Å². The van der Waals surface area contributed by atoms with Gasteiger partial charge in [0.05, 0.1) is 13.2 Å². The largest absolute Gasteiger partial charge is 0.453 e. The van der Waals surface area contributed by atoms with E-state index in [1.807, 2.05) is 19.4 Å². The molecule has 1 aromatic rings. The third-order valence-electron chi connectivity index (χ3n) is 3.15. The first-order valence-corrected chi connectivity index (χ1v) is 7.59. The van der Waals surface area contributed by atoms with Crippen LogP contribution in [-0.2, 0) is 4.74 Å². The minimum absolute atomic E-state index is 0.0909. The first kappa shape index (κ1) is 14.7. The molecule has 0 aliphatic carbocycles. The molecule has 0 saturated carbocycles. The number of rotatable bonds is 4. The van der Waals surface area contributed by atoms with Gasteiger partial charge in [-0.25, -0.2) is 14.8 Å². The number of ether oxygens (including phenoxy) is 1. The molecule has 1 fully saturated rings. The Bertz CT molecular complexity index is 463. The van der Waals surface area contributed by atoms with E-state index in [1.165, 1.54) is 18.9 Å². The Labute approximate surface area is 122 Å². The number of carbonyl (C=O) groups excluding carboxylic acids is 1. The van der Waals surface area contributed by atoms with E-state index in [4.69, 9.17) is 0 Å². The number of thioether (sulfide) groups is 1. The molecule has 110 valence electrons. The summed E-state index contributed by atoms with van der Waals surface area (Å²) in [5, 5.41) is 6.59. The summed E-state index contributed by atoms with van der Waals surface area (Å²) in [4.78, 5) is 22.2. The van der Waals surface area contributed by atoms with Gasteiger partial charge in [0.1, 0.15) is 11.6 Å². The highest BCUT2D eigenvalue weighted by Gasteiger charge is 2.25. The lowest BCUT2D eigenvalue weighted by atomic mass is 10.3. The number of nitrogens with one attached hydrogen (secondary N) is 2. The summed E-state index contributed by atoms with van der Waals surface area (Å²) in [5.74, 6) is 1.67. The van der Waals surface area contributed by atoms with Crippen molar-refractivity contribution in [2.24, 2.45) is 0 Å². The summed E-state index contributed by atoms with van der Waals surface area (Å²) in [7, 11) is 3.21. The number of hydrogen-bond donors (Lipinski definition) is 2. The third kappa shape index (κ3) is 3.44. The fraction of sp³-hybridized carbons (Fsp3) is 0.583. The summed E-state index contributed by atoms with van der Waals surface area (Å²) in [6.07, 6.45) is 2.44. The van der Waals surface area contributed by atoms with Crippen molar-refractivity contribution >= 4 is 29.5 Å².